The van der Waals surface area contributed by atoms with E-state index in [1.54, 1.807) is 30.6 Å². The highest BCUT2D eigenvalue weighted by Crippen LogP contribution is 2.26. The number of rotatable bonds is 2. The molecule has 0 aliphatic heterocycles. The molecule has 6 nitrogen and oxygen atoms in total. The van der Waals surface area contributed by atoms with Gasteiger partial charge in [0, 0.05) is 18.0 Å². The van der Waals surface area contributed by atoms with Crippen LogP contribution in [0.2, 0.25) is 5.02 Å². The number of nitrogens with two attached hydrogens (primary N) is 1. The molecule has 0 fully saturated rings. The van der Waals surface area contributed by atoms with Gasteiger partial charge in [-0.15, -0.1) is 0 Å². The molecule has 7 heteroatoms. The Morgan fingerprint density at radius 3 is 2.60 bits per heavy atom. The van der Waals surface area contributed by atoms with E-state index in [0.29, 0.717) is 33.8 Å². The molecule has 2 aromatic heterocycles. The summed E-state index contributed by atoms with van der Waals surface area (Å²) < 4.78 is 5.19. The number of anilines is 1. The Balaban J connectivity index is 1.97. The number of aryl methyl sites for hydroxylation is 1. The Morgan fingerprint density at radius 2 is 1.90 bits per heavy atom. The molecule has 0 atom stereocenters. The summed E-state index contributed by atoms with van der Waals surface area (Å²) in [6.45, 7) is 1.90. The average molecular weight is 288 g/mol. The highest BCUT2D eigenvalue weighted by molar-refractivity contribution is 6.33. The lowest BCUT2D eigenvalue weighted by atomic mass is 10.2. The Morgan fingerprint density at radius 1 is 1.15 bits per heavy atom. The zero-order valence-corrected chi connectivity index (χ0v) is 11.3. The molecule has 100 valence electrons. The lowest BCUT2D eigenvalue weighted by Crippen LogP contribution is -1.91. The number of benzene rings is 1. The molecule has 0 radical (unpaired) electrons. The Kier molecular flexibility index (Phi) is 3.08. The topological polar surface area (TPSA) is 90.7 Å². The third-order valence-electron chi connectivity index (χ3n) is 2.65. The van der Waals surface area contributed by atoms with E-state index in [-0.39, 0.29) is 0 Å². The summed E-state index contributed by atoms with van der Waals surface area (Å²) in [6.07, 6.45) is 3.39. The van der Waals surface area contributed by atoms with Gasteiger partial charge in [-0.1, -0.05) is 16.8 Å². The molecule has 0 aliphatic rings. The maximum atomic E-state index is 5.87. The first-order valence-corrected chi connectivity index (χ1v) is 6.19. The van der Waals surface area contributed by atoms with Gasteiger partial charge in [0.25, 0.3) is 5.89 Å². The van der Waals surface area contributed by atoms with Crippen molar-refractivity contribution in [3.05, 3.63) is 41.2 Å². The molecule has 0 saturated heterocycles. The summed E-state index contributed by atoms with van der Waals surface area (Å²) in [5.41, 5.74) is 7.85. The molecule has 0 bridgehead atoms. The summed E-state index contributed by atoms with van der Waals surface area (Å²) >= 11 is 5.87. The first-order chi connectivity index (χ1) is 9.63. The predicted molar refractivity (Wildman–Crippen MR) is 74.9 cm³/mol. The van der Waals surface area contributed by atoms with Crippen molar-refractivity contribution in [2.24, 2.45) is 0 Å². The molecule has 0 saturated carbocycles. The minimum Gasteiger partial charge on any atom is -0.398 e. The smallest absolute Gasteiger partial charge is 0.258 e. The van der Waals surface area contributed by atoms with Gasteiger partial charge in [-0.05, 0) is 30.7 Å². The van der Waals surface area contributed by atoms with Crippen molar-refractivity contribution >= 4 is 17.3 Å². The first kappa shape index (κ1) is 12.6. The minimum atomic E-state index is 0.327. The molecule has 0 spiro atoms. The van der Waals surface area contributed by atoms with Gasteiger partial charge in [-0.3, -0.25) is 0 Å². The quantitative estimate of drug-likeness (QED) is 0.729. The van der Waals surface area contributed by atoms with E-state index in [0.717, 1.165) is 5.56 Å². The SMILES string of the molecule is Cc1cnc(-c2noc(-c3ccc(Cl)c(N)c3)n2)nc1. The summed E-state index contributed by atoms with van der Waals surface area (Å²) in [5.74, 6) is 1.08. The van der Waals surface area contributed by atoms with Crippen LogP contribution in [0, 0.1) is 6.92 Å². The van der Waals surface area contributed by atoms with Gasteiger partial charge in [0.15, 0.2) is 0 Å². The van der Waals surface area contributed by atoms with Crippen LogP contribution >= 0.6 is 11.6 Å². The van der Waals surface area contributed by atoms with Crippen LogP contribution in [-0.2, 0) is 0 Å². The van der Waals surface area contributed by atoms with Crippen molar-refractivity contribution in [1.82, 2.24) is 20.1 Å². The van der Waals surface area contributed by atoms with Crippen molar-refractivity contribution in [3.63, 3.8) is 0 Å². The fourth-order valence-electron chi connectivity index (χ4n) is 1.62. The molecule has 2 N–H and O–H groups in total. The van der Waals surface area contributed by atoms with Gasteiger partial charge in [-0.2, -0.15) is 4.98 Å². The zero-order valence-electron chi connectivity index (χ0n) is 10.5. The second-order valence-corrected chi connectivity index (χ2v) is 4.65. The summed E-state index contributed by atoms with van der Waals surface area (Å²) in [6, 6.07) is 5.11. The molecule has 0 aliphatic carbocycles. The Bertz CT molecular complexity index is 754. The molecule has 2 heterocycles. The summed E-state index contributed by atoms with van der Waals surface area (Å²) in [5, 5.41) is 4.34. The standard InChI is InChI=1S/C13H10ClN5O/c1-7-5-16-11(17-6-7)12-18-13(20-19-12)8-2-3-9(14)10(15)4-8/h2-6H,15H2,1H3. The third kappa shape index (κ3) is 2.33. The van der Waals surface area contributed by atoms with Crippen LogP contribution in [0.4, 0.5) is 5.69 Å². The molecular formula is C13H10ClN5O. The molecule has 0 unspecified atom stereocenters. The molecule has 3 aromatic rings. The zero-order chi connectivity index (χ0) is 14.1. The maximum absolute atomic E-state index is 5.87. The number of aromatic nitrogens is 4. The Hall–Kier alpha value is -2.47. The van der Waals surface area contributed by atoms with Crippen molar-refractivity contribution in [3.8, 4) is 23.1 Å². The van der Waals surface area contributed by atoms with E-state index >= 15 is 0 Å². The highest BCUT2D eigenvalue weighted by Gasteiger charge is 2.13. The first-order valence-electron chi connectivity index (χ1n) is 5.81. The lowest BCUT2D eigenvalue weighted by molar-refractivity contribution is 0.432. The van der Waals surface area contributed by atoms with Gasteiger partial charge in [-0.25, -0.2) is 9.97 Å². The van der Waals surface area contributed by atoms with Gasteiger partial charge in [0.2, 0.25) is 11.6 Å². The molecule has 0 amide bonds. The number of nitrogens with zero attached hydrogens (tertiary/aromatic N) is 4. The summed E-state index contributed by atoms with van der Waals surface area (Å²) in [4.78, 5) is 12.5. The van der Waals surface area contributed by atoms with E-state index in [1.165, 1.54) is 0 Å². The lowest BCUT2D eigenvalue weighted by Gasteiger charge is -1.98. The minimum absolute atomic E-state index is 0.327. The van der Waals surface area contributed by atoms with Crippen LogP contribution in [0.3, 0.4) is 0 Å². The van der Waals surface area contributed by atoms with Crippen molar-refractivity contribution in [1.29, 1.82) is 0 Å². The van der Waals surface area contributed by atoms with E-state index in [2.05, 4.69) is 20.1 Å². The van der Waals surface area contributed by atoms with Crippen LogP contribution in [0.5, 0.6) is 0 Å². The van der Waals surface area contributed by atoms with E-state index in [9.17, 15) is 0 Å². The van der Waals surface area contributed by atoms with Gasteiger partial charge in [0.05, 0.1) is 10.7 Å². The Labute approximate surface area is 119 Å². The van der Waals surface area contributed by atoms with Gasteiger partial charge in [0.1, 0.15) is 0 Å². The summed E-state index contributed by atoms with van der Waals surface area (Å²) in [7, 11) is 0. The number of nitrogen functional groups attached to an aromatic ring is 1. The van der Waals surface area contributed by atoms with Crippen LogP contribution in [-0.4, -0.2) is 20.1 Å². The van der Waals surface area contributed by atoms with Crippen LogP contribution in [0.25, 0.3) is 23.1 Å². The highest BCUT2D eigenvalue weighted by atomic mass is 35.5. The molecule has 20 heavy (non-hydrogen) atoms. The fraction of sp³-hybridized carbons (Fsp3) is 0.0769. The van der Waals surface area contributed by atoms with Crippen LogP contribution in [0.15, 0.2) is 35.1 Å². The fourth-order valence-corrected chi connectivity index (χ4v) is 1.73. The molecule has 1 aromatic carbocycles. The van der Waals surface area contributed by atoms with Crippen LogP contribution in [0.1, 0.15) is 5.56 Å². The predicted octanol–water partition coefficient (Wildman–Crippen LogP) is 2.74. The van der Waals surface area contributed by atoms with E-state index in [1.807, 2.05) is 6.92 Å². The third-order valence-corrected chi connectivity index (χ3v) is 2.99. The largest absolute Gasteiger partial charge is 0.398 e. The van der Waals surface area contributed by atoms with E-state index in [4.69, 9.17) is 21.9 Å². The van der Waals surface area contributed by atoms with Crippen LogP contribution < -0.4 is 5.73 Å². The second-order valence-electron chi connectivity index (χ2n) is 4.24. The number of hydrogen-bond acceptors (Lipinski definition) is 6. The van der Waals surface area contributed by atoms with E-state index < -0.39 is 0 Å². The maximum Gasteiger partial charge on any atom is 0.258 e. The van der Waals surface area contributed by atoms with Crippen molar-refractivity contribution in [2.45, 2.75) is 6.92 Å². The van der Waals surface area contributed by atoms with Gasteiger partial charge < -0.3 is 10.3 Å². The molecular weight excluding hydrogens is 278 g/mol. The molecule has 3 rings (SSSR count). The number of halogens is 1. The normalized spacial score (nSPS) is 10.7. The van der Waals surface area contributed by atoms with Gasteiger partial charge >= 0.3 is 0 Å². The average Bonchev–Trinajstić information content (AvgIpc) is 2.92. The van der Waals surface area contributed by atoms with Crippen molar-refractivity contribution < 1.29 is 4.52 Å². The second kappa shape index (κ2) is 4.90. The monoisotopic (exact) mass is 287 g/mol. The van der Waals surface area contributed by atoms with Crippen molar-refractivity contribution in [2.75, 3.05) is 5.73 Å². The number of hydrogen-bond donors (Lipinski definition) is 1.